The van der Waals surface area contributed by atoms with Crippen LogP contribution >= 0.6 is 11.3 Å². The van der Waals surface area contributed by atoms with Crippen LogP contribution in [-0.4, -0.2) is 28.1 Å². The van der Waals surface area contributed by atoms with E-state index < -0.39 is 17.8 Å². The first-order valence-electron chi connectivity index (χ1n) is 11.5. The second-order valence-electron chi connectivity index (χ2n) is 10.3. The van der Waals surface area contributed by atoms with Crippen LogP contribution in [0.15, 0.2) is 24.3 Å². The van der Waals surface area contributed by atoms with Crippen LogP contribution in [0.1, 0.15) is 67.7 Å². The van der Waals surface area contributed by atoms with Gasteiger partial charge in [0.25, 0.3) is 5.91 Å². The van der Waals surface area contributed by atoms with Crippen molar-refractivity contribution < 1.29 is 14.0 Å². The maximum Gasteiger partial charge on any atom is 0.254 e. The Kier molecular flexibility index (Phi) is 5.51. The summed E-state index contributed by atoms with van der Waals surface area (Å²) in [4.78, 5) is 25.5. The van der Waals surface area contributed by atoms with Gasteiger partial charge in [0.05, 0.1) is 5.56 Å². The average Bonchev–Trinajstić information content (AvgIpc) is 3.20. The summed E-state index contributed by atoms with van der Waals surface area (Å²) in [6.45, 7) is 3.68. The molecule has 1 heterocycles. The predicted octanol–water partition coefficient (Wildman–Crippen LogP) is 4.54. The van der Waals surface area contributed by atoms with E-state index in [2.05, 4.69) is 20.8 Å². The zero-order valence-corrected chi connectivity index (χ0v) is 19.3. The lowest BCUT2D eigenvalue weighted by molar-refractivity contribution is -0.118. The first-order chi connectivity index (χ1) is 15.3. The largest absolute Gasteiger partial charge is 0.340 e. The standard InChI is InChI=1S/C24H29FN4O2S/c1-13(2)19(26-20(30)17-5-3-4-6-18(17)25)21(31)27-23-29-28-22(32-23)24-10-14-7-15(11-24)9-16(8-14)12-24/h3-6,13-16,19H,7-12H2,1-2H3,(H,26,30)(H,27,29,31). The van der Waals surface area contributed by atoms with Crippen LogP contribution in [0.25, 0.3) is 0 Å². The molecule has 0 spiro atoms. The minimum absolute atomic E-state index is 0.0778. The molecule has 1 aromatic heterocycles. The Morgan fingerprint density at radius 1 is 1.06 bits per heavy atom. The van der Waals surface area contributed by atoms with E-state index in [9.17, 15) is 14.0 Å². The third kappa shape index (κ3) is 3.93. The van der Waals surface area contributed by atoms with E-state index in [1.165, 1.54) is 68.1 Å². The fraction of sp³-hybridized carbons (Fsp3) is 0.583. The SMILES string of the molecule is CC(C)C(NC(=O)c1ccccc1F)C(=O)Nc1nnc(C23CC4CC(CC(C4)C2)C3)s1. The Labute approximate surface area is 191 Å². The number of anilines is 1. The van der Waals surface area contributed by atoms with Gasteiger partial charge in [-0.15, -0.1) is 10.2 Å². The van der Waals surface area contributed by atoms with Crippen molar-refractivity contribution in [2.24, 2.45) is 23.7 Å². The number of carbonyl (C=O) groups excluding carboxylic acids is 2. The molecule has 4 aliphatic rings. The van der Waals surface area contributed by atoms with Gasteiger partial charge in [-0.3, -0.25) is 14.9 Å². The lowest BCUT2D eigenvalue weighted by Crippen LogP contribution is -2.48. The highest BCUT2D eigenvalue weighted by Gasteiger charge is 2.53. The van der Waals surface area contributed by atoms with E-state index in [4.69, 9.17) is 0 Å². The normalized spacial score (nSPS) is 29.2. The topological polar surface area (TPSA) is 84.0 Å². The number of halogens is 1. The highest BCUT2D eigenvalue weighted by Crippen LogP contribution is 2.61. The summed E-state index contributed by atoms with van der Waals surface area (Å²) < 4.78 is 14.0. The van der Waals surface area contributed by atoms with Gasteiger partial charge in [-0.05, 0) is 74.3 Å². The van der Waals surface area contributed by atoms with Crippen molar-refractivity contribution in [1.29, 1.82) is 0 Å². The number of nitrogens with zero attached hydrogens (tertiary/aromatic N) is 2. The summed E-state index contributed by atoms with van der Waals surface area (Å²) in [5.41, 5.74) is 0.0530. The van der Waals surface area contributed by atoms with Crippen molar-refractivity contribution in [3.05, 3.63) is 40.7 Å². The number of hydrogen-bond acceptors (Lipinski definition) is 5. The van der Waals surface area contributed by atoms with Gasteiger partial charge < -0.3 is 5.32 Å². The van der Waals surface area contributed by atoms with E-state index in [0.717, 1.165) is 22.8 Å². The van der Waals surface area contributed by atoms with Gasteiger partial charge >= 0.3 is 0 Å². The number of aromatic nitrogens is 2. The predicted molar refractivity (Wildman–Crippen MR) is 121 cm³/mol. The van der Waals surface area contributed by atoms with Crippen LogP contribution in [0, 0.1) is 29.5 Å². The molecule has 4 fully saturated rings. The van der Waals surface area contributed by atoms with Crippen molar-refractivity contribution in [1.82, 2.24) is 15.5 Å². The quantitative estimate of drug-likeness (QED) is 0.669. The van der Waals surface area contributed by atoms with Crippen molar-refractivity contribution in [3.63, 3.8) is 0 Å². The maximum absolute atomic E-state index is 14.0. The van der Waals surface area contributed by atoms with Gasteiger partial charge in [-0.25, -0.2) is 4.39 Å². The molecule has 0 saturated heterocycles. The summed E-state index contributed by atoms with van der Waals surface area (Å²) in [5.74, 6) is 0.659. The second kappa shape index (κ2) is 8.21. The molecule has 1 unspecified atom stereocenters. The smallest absolute Gasteiger partial charge is 0.254 e. The van der Waals surface area contributed by atoms with Gasteiger partial charge in [0.2, 0.25) is 11.0 Å². The zero-order chi connectivity index (χ0) is 22.5. The monoisotopic (exact) mass is 456 g/mol. The summed E-state index contributed by atoms with van der Waals surface area (Å²) in [6.07, 6.45) is 7.65. The fourth-order valence-corrected chi connectivity index (χ4v) is 7.41. The molecule has 1 atom stereocenters. The molecule has 8 heteroatoms. The molecule has 170 valence electrons. The maximum atomic E-state index is 14.0. The molecule has 0 radical (unpaired) electrons. The molecule has 6 rings (SSSR count). The number of hydrogen-bond donors (Lipinski definition) is 2. The Balaban J connectivity index is 1.28. The zero-order valence-electron chi connectivity index (χ0n) is 18.4. The van der Waals surface area contributed by atoms with Crippen molar-refractivity contribution >= 4 is 28.3 Å². The highest BCUT2D eigenvalue weighted by atomic mass is 32.1. The van der Waals surface area contributed by atoms with E-state index >= 15 is 0 Å². The molecular formula is C24H29FN4O2S. The second-order valence-corrected chi connectivity index (χ2v) is 11.3. The minimum Gasteiger partial charge on any atom is -0.340 e. The van der Waals surface area contributed by atoms with Crippen LogP contribution in [-0.2, 0) is 10.2 Å². The van der Waals surface area contributed by atoms with Crippen molar-refractivity contribution in [3.8, 4) is 0 Å². The van der Waals surface area contributed by atoms with Gasteiger partial charge in [0.1, 0.15) is 16.9 Å². The summed E-state index contributed by atoms with van der Waals surface area (Å²) in [6, 6.07) is 4.94. The molecule has 4 bridgehead atoms. The molecule has 6 nitrogen and oxygen atoms in total. The first-order valence-corrected chi connectivity index (χ1v) is 12.3. The molecule has 4 saturated carbocycles. The molecule has 2 amide bonds. The van der Waals surface area contributed by atoms with E-state index in [1.807, 2.05) is 13.8 Å². The van der Waals surface area contributed by atoms with Crippen LogP contribution < -0.4 is 10.6 Å². The van der Waals surface area contributed by atoms with E-state index in [-0.39, 0.29) is 22.8 Å². The highest BCUT2D eigenvalue weighted by molar-refractivity contribution is 7.15. The van der Waals surface area contributed by atoms with Crippen molar-refractivity contribution in [2.75, 3.05) is 5.32 Å². The Morgan fingerprint density at radius 2 is 1.69 bits per heavy atom. The van der Waals surface area contributed by atoms with Gasteiger partial charge in [-0.1, -0.05) is 37.3 Å². The number of amides is 2. The third-order valence-corrected chi connectivity index (χ3v) is 8.59. The van der Waals surface area contributed by atoms with Crippen LogP contribution in [0.5, 0.6) is 0 Å². The molecule has 4 aliphatic carbocycles. The van der Waals surface area contributed by atoms with E-state index in [1.54, 1.807) is 6.07 Å². The third-order valence-electron chi connectivity index (χ3n) is 7.50. The number of carbonyl (C=O) groups is 2. The Hall–Kier alpha value is -2.35. The number of benzene rings is 1. The number of rotatable bonds is 6. The molecule has 32 heavy (non-hydrogen) atoms. The Bertz CT molecular complexity index is 1000. The van der Waals surface area contributed by atoms with Crippen LogP contribution in [0.4, 0.5) is 9.52 Å². The summed E-state index contributed by atoms with van der Waals surface area (Å²) >= 11 is 1.47. The lowest BCUT2D eigenvalue weighted by atomic mass is 9.50. The average molecular weight is 457 g/mol. The molecular weight excluding hydrogens is 427 g/mol. The summed E-state index contributed by atoms with van der Waals surface area (Å²) in [5, 5.41) is 15.8. The van der Waals surface area contributed by atoms with Gasteiger partial charge in [-0.2, -0.15) is 0 Å². The van der Waals surface area contributed by atoms with Crippen molar-refractivity contribution in [2.45, 2.75) is 63.8 Å². The molecule has 2 aromatic rings. The Morgan fingerprint density at radius 3 is 2.28 bits per heavy atom. The lowest BCUT2D eigenvalue weighted by Gasteiger charge is -2.55. The molecule has 2 N–H and O–H groups in total. The molecule has 0 aliphatic heterocycles. The molecule has 1 aromatic carbocycles. The van der Waals surface area contributed by atoms with Crippen LogP contribution in [0.2, 0.25) is 0 Å². The first kappa shape index (κ1) is 21.5. The number of nitrogens with one attached hydrogen (secondary N) is 2. The fourth-order valence-electron chi connectivity index (χ4n) is 6.44. The van der Waals surface area contributed by atoms with Crippen LogP contribution in [0.3, 0.4) is 0 Å². The van der Waals surface area contributed by atoms with E-state index in [0.29, 0.717) is 5.13 Å². The minimum atomic E-state index is -0.811. The summed E-state index contributed by atoms with van der Waals surface area (Å²) in [7, 11) is 0. The van der Waals surface area contributed by atoms with Gasteiger partial charge in [0, 0.05) is 5.41 Å². The van der Waals surface area contributed by atoms with Gasteiger partial charge in [0.15, 0.2) is 0 Å².